The van der Waals surface area contributed by atoms with Crippen LogP contribution in [0.25, 0.3) is 0 Å². The molecule has 20 heavy (non-hydrogen) atoms. The van der Waals surface area contributed by atoms with Gasteiger partial charge in [-0.3, -0.25) is 9.59 Å². The molecule has 1 aromatic carbocycles. The molecular formula is C15H21NO4. The van der Waals surface area contributed by atoms with Crippen LogP contribution in [0.2, 0.25) is 0 Å². The number of hydrogen-bond acceptors (Lipinski definition) is 3. The van der Waals surface area contributed by atoms with Crippen molar-refractivity contribution in [3.63, 3.8) is 0 Å². The number of aliphatic carboxylic acids is 1. The summed E-state index contributed by atoms with van der Waals surface area (Å²) in [6.45, 7) is 7.26. The van der Waals surface area contributed by atoms with E-state index in [2.05, 4.69) is 5.32 Å². The minimum absolute atomic E-state index is 0.0446. The SMILES string of the molecule is Cc1c(O)cccc1C(=O)NC(CC(=O)O)C(C)(C)C. The van der Waals surface area contributed by atoms with Gasteiger partial charge in [0.05, 0.1) is 6.42 Å². The second-order valence-corrected chi connectivity index (χ2v) is 5.94. The van der Waals surface area contributed by atoms with Crippen LogP contribution in [0.5, 0.6) is 5.75 Å². The van der Waals surface area contributed by atoms with Crippen LogP contribution in [-0.4, -0.2) is 28.1 Å². The summed E-state index contributed by atoms with van der Waals surface area (Å²) >= 11 is 0. The van der Waals surface area contributed by atoms with Gasteiger partial charge < -0.3 is 15.5 Å². The Bertz CT molecular complexity index is 517. The summed E-state index contributed by atoms with van der Waals surface area (Å²) in [5.74, 6) is -1.29. The van der Waals surface area contributed by atoms with E-state index in [9.17, 15) is 14.7 Å². The predicted octanol–water partition coefficient (Wildman–Crippen LogP) is 2.32. The molecule has 5 nitrogen and oxygen atoms in total. The number of carbonyl (C=O) groups excluding carboxylic acids is 1. The minimum atomic E-state index is -0.960. The van der Waals surface area contributed by atoms with Gasteiger partial charge in [0.25, 0.3) is 5.91 Å². The summed E-state index contributed by atoms with van der Waals surface area (Å²) in [6.07, 6.45) is -0.146. The molecule has 1 aromatic rings. The summed E-state index contributed by atoms with van der Waals surface area (Å²) < 4.78 is 0. The summed E-state index contributed by atoms with van der Waals surface area (Å²) in [5.41, 5.74) is 0.455. The van der Waals surface area contributed by atoms with E-state index in [0.29, 0.717) is 11.1 Å². The lowest BCUT2D eigenvalue weighted by Crippen LogP contribution is -2.45. The first-order valence-electron chi connectivity index (χ1n) is 6.44. The first-order valence-corrected chi connectivity index (χ1v) is 6.44. The Hall–Kier alpha value is -2.04. The molecule has 1 amide bonds. The number of benzene rings is 1. The van der Waals surface area contributed by atoms with Gasteiger partial charge in [0, 0.05) is 17.2 Å². The molecule has 5 heteroatoms. The Morgan fingerprint density at radius 3 is 2.40 bits per heavy atom. The molecule has 0 aliphatic heterocycles. The van der Waals surface area contributed by atoms with Crippen LogP contribution in [0.3, 0.4) is 0 Å². The van der Waals surface area contributed by atoms with E-state index in [1.807, 2.05) is 20.8 Å². The zero-order valence-electron chi connectivity index (χ0n) is 12.2. The molecule has 0 heterocycles. The normalized spacial score (nSPS) is 12.8. The third-order valence-corrected chi connectivity index (χ3v) is 3.28. The Labute approximate surface area is 118 Å². The lowest BCUT2D eigenvalue weighted by atomic mass is 9.84. The standard InChI is InChI=1S/C15H21NO4/c1-9-10(6-5-7-11(9)17)14(20)16-12(8-13(18)19)15(2,3)4/h5-7,12,17H,8H2,1-4H3,(H,16,20)(H,18,19). The molecule has 0 aromatic heterocycles. The number of phenols is 1. The zero-order chi connectivity index (χ0) is 15.5. The van der Waals surface area contributed by atoms with Crippen molar-refractivity contribution in [2.24, 2.45) is 5.41 Å². The maximum Gasteiger partial charge on any atom is 0.305 e. The van der Waals surface area contributed by atoms with Crippen LogP contribution in [0.1, 0.15) is 43.1 Å². The second-order valence-electron chi connectivity index (χ2n) is 5.94. The number of phenolic OH excluding ortho intramolecular Hbond substituents is 1. The van der Waals surface area contributed by atoms with Crippen LogP contribution in [-0.2, 0) is 4.79 Å². The molecule has 0 fully saturated rings. The van der Waals surface area contributed by atoms with Gasteiger partial charge in [0.1, 0.15) is 5.75 Å². The summed E-state index contributed by atoms with van der Waals surface area (Å²) in [6, 6.07) is 4.20. The quantitative estimate of drug-likeness (QED) is 0.789. The van der Waals surface area contributed by atoms with Gasteiger partial charge in [-0.2, -0.15) is 0 Å². The second kappa shape index (κ2) is 5.94. The van der Waals surface area contributed by atoms with Gasteiger partial charge in [-0.1, -0.05) is 26.8 Å². The molecule has 1 rings (SSSR count). The fourth-order valence-electron chi connectivity index (χ4n) is 1.85. The Balaban J connectivity index is 2.96. The van der Waals surface area contributed by atoms with Crippen LogP contribution in [0, 0.1) is 12.3 Å². The summed E-state index contributed by atoms with van der Waals surface area (Å²) in [7, 11) is 0. The lowest BCUT2D eigenvalue weighted by molar-refractivity contribution is -0.138. The zero-order valence-corrected chi connectivity index (χ0v) is 12.2. The van der Waals surface area contributed by atoms with E-state index < -0.39 is 12.0 Å². The monoisotopic (exact) mass is 279 g/mol. The fourth-order valence-corrected chi connectivity index (χ4v) is 1.85. The highest BCUT2D eigenvalue weighted by atomic mass is 16.4. The number of hydrogen-bond donors (Lipinski definition) is 3. The minimum Gasteiger partial charge on any atom is -0.508 e. The molecule has 0 radical (unpaired) electrons. The third-order valence-electron chi connectivity index (χ3n) is 3.28. The maximum absolute atomic E-state index is 12.2. The average molecular weight is 279 g/mol. The molecule has 0 saturated carbocycles. The molecule has 3 N–H and O–H groups in total. The van der Waals surface area contributed by atoms with Gasteiger partial charge in [-0.05, 0) is 24.5 Å². The Morgan fingerprint density at radius 2 is 1.90 bits per heavy atom. The smallest absolute Gasteiger partial charge is 0.305 e. The van der Waals surface area contributed by atoms with E-state index in [0.717, 1.165) is 0 Å². The molecule has 0 aliphatic carbocycles. The fraction of sp³-hybridized carbons (Fsp3) is 0.467. The molecule has 0 saturated heterocycles. The molecule has 0 spiro atoms. The van der Waals surface area contributed by atoms with E-state index >= 15 is 0 Å². The van der Waals surface area contributed by atoms with Crippen LogP contribution >= 0.6 is 0 Å². The van der Waals surface area contributed by atoms with Gasteiger partial charge in [-0.15, -0.1) is 0 Å². The first kappa shape index (κ1) is 16.0. The van der Waals surface area contributed by atoms with Gasteiger partial charge >= 0.3 is 5.97 Å². The van der Waals surface area contributed by atoms with Crippen LogP contribution in [0.15, 0.2) is 18.2 Å². The molecule has 0 aliphatic rings. The number of carboxylic acid groups (broad SMARTS) is 1. The van der Waals surface area contributed by atoms with Crippen LogP contribution in [0.4, 0.5) is 0 Å². The van der Waals surface area contributed by atoms with E-state index in [1.54, 1.807) is 19.1 Å². The van der Waals surface area contributed by atoms with E-state index in [1.165, 1.54) is 6.07 Å². The van der Waals surface area contributed by atoms with Crippen molar-refractivity contribution in [3.05, 3.63) is 29.3 Å². The van der Waals surface area contributed by atoms with Gasteiger partial charge in [-0.25, -0.2) is 0 Å². The molecule has 110 valence electrons. The number of nitrogens with one attached hydrogen (secondary N) is 1. The lowest BCUT2D eigenvalue weighted by Gasteiger charge is -2.30. The number of carboxylic acids is 1. The van der Waals surface area contributed by atoms with Crippen molar-refractivity contribution < 1.29 is 19.8 Å². The summed E-state index contributed by atoms with van der Waals surface area (Å²) in [4.78, 5) is 23.1. The van der Waals surface area contributed by atoms with Crippen molar-refractivity contribution >= 4 is 11.9 Å². The highest BCUT2D eigenvalue weighted by Gasteiger charge is 2.29. The highest BCUT2D eigenvalue weighted by molar-refractivity contribution is 5.96. The van der Waals surface area contributed by atoms with Crippen molar-refractivity contribution in [3.8, 4) is 5.75 Å². The van der Waals surface area contributed by atoms with Crippen molar-refractivity contribution in [1.82, 2.24) is 5.32 Å². The number of aromatic hydroxyl groups is 1. The topological polar surface area (TPSA) is 86.6 Å². The average Bonchev–Trinajstić information content (AvgIpc) is 2.30. The van der Waals surface area contributed by atoms with E-state index in [4.69, 9.17) is 5.11 Å². The Morgan fingerprint density at radius 1 is 1.30 bits per heavy atom. The maximum atomic E-state index is 12.2. The van der Waals surface area contributed by atoms with Crippen molar-refractivity contribution in [2.45, 2.75) is 40.2 Å². The number of amides is 1. The number of rotatable bonds is 4. The van der Waals surface area contributed by atoms with Crippen molar-refractivity contribution in [2.75, 3.05) is 0 Å². The molecule has 1 unspecified atom stereocenters. The largest absolute Gasteiger partial charge is 0.508 e. The Kier molecular flexibility index (Phi) is 4.76. The summed E-state index contributed by atoms with van der Waals surface area (Å²) in [5, 5.41) is 21.3. The number of carbonyl (C=O) groups is 2. The molecule has 1 atom stereocenters. The highest BCUT2D eigenvalue weighted by Crippen LogP contribution is 2.24. The van der Waals surface area contributed by atoms with Gasteiger partial charge in [0.2, 0.25) is 0 Å². The third kappa shape index (κ3) is 3.98. The molecular weight excluding hydrogens is 258 g/mol. The first-order chi connectivity index (χ1) is 9.12. The van der Waals surface area contributed by atoms with Crippen LogP contribution < -0.4 is 5.32 Å². The van der Waals surface area contributed by atoms with E-state index in [-0.39, 0.29) is 23.5 Å². The molecule has 0 bridgehead atoms. The van der Waals surface area contributed by atoms with Crippen molar-refractivity contribution in [1.29, 1.82) is 0 Å². The van der Waals surface area contributed by atoms with Gasteiger partial charge in [0.15, 0.2) is 0 Å². The predicted molar refractivity (Wildman–Crippen MR) is 75.8 cm³/mol.